The van der Waals surface area contributed by atoms with E-state index in [1.807, 2.05) is 24.3 Å². The molecular formula is C25H31NO7. The van der Waals surface area contributed by atoms with Crippen molar-refractivity contribution in [3.05, 3.63) is 59.7 Å². The molecule has 0 radical (unpaired) electrons. The summed E-state index contributed by atoms with van der Waals surface area (Å²) >= 11 is 0. The lowest BCUT2D eigenvalue weighted by Crippen LogP contribution is -2.27. The number of benzene rings is 2. The first-order valence-corrected chi connectivity index (χ1v) is 11.2. The first-order valence-electron chi connectivity index (χ1n) is 11.2. The minimum absolute atomic E-state index is 0.00676. The molecule has 0 aromatic heterocycles. The highest BCUT2D eigenvalue weighted by Gasteiger charge is 2.28. The number of carbonyl (C=O) groups is 2. The van der Waals surface area contributed by atoms with Crippen molar-refractivity contribution in [2.24, 2.45) is 0 Å². The van der Waals surface area contributed by atoms with E-state index in [1.54, 1.807) is 0 Å². The van der Waals surface area contributed by atoms with Crippen LogP contribution in [0, 0.1) is 0 Å². The van der Waals surface area contributed by atoms with Crippen molar-refractivity contribution in [1.29, 1.82) is 0 Å². The van der Waals surface area contributed by atoms with Crippen LogP contribution < -0.4 is 5.32 Å². The molecule has 0 atom stereocenters. The van der Waals surface area contributed by atoms with Gasteiger partial charge in [-0.1, -0.05) is 48.5 Å². The number of carbonyl (C=O) groups excluding carboxylic acids is 1. The topological polar surface area (TPSA) is 103 Å². The molecule has 0 bridgehead atoms. The van der Waals surface area contributed by atoms with Crippen LogP contribution in [0.15, 0.2) is 48.5 Å². The largest absolute Gasteiger partial charge is 0.481 e. The van der Waals surface area contributed by atoms with E-state index in [9.17, 15) is 9.59 Å². The average molecular weight is 458 g/mol. The highest BCUT2D eigenvalue weighted by Crippen LogP contribution is 2.44. The molecule has 8 nitrogen and oxygen atoms in total. The van der Waals surface area contributed by atoms with Gasteiger partial charge in [-0.2, -0.15) is 0 Å². The van der Waals surface area contributed by atoms with Crippen LogP contribution in [0.4, 0.5) is 4.79 Å². The predicted molar refractivity (Wildman–Crippen MR) is 122 cm³/mol. The lowest BCUT2D eigenvalue weighted by atomic mass is 9.98. The minimum atomic E-state index is -0.877. The molecule has 0 saturated carbocycles. The zero-order valence-corrected chi connectivity index (χ0v) is 18.7. The van der Waals surface area contributed by atoms with Gasteiger partial charge >= 0.3 is 12.1 Å². The van der Waals surface area contributed by atoms with Gasteiger partial charge < -0.3 is 29.4 Å². The van der Waals surface area contributed by atoms with Crippen LogP contribution in [0.2, 0.25) is 0 Å². The van der Waals surface area contributed by atoms with E-state index in [0.29, 0.717) is 52.6 Å². The van der Waals surface area contributed by atoms with Crippen molar-refractivity contribution in [2.45, 2.75) is 18.8 Å². The molecule has 33 heavy (non-hydrogen) atoms. The van der Waals surface area contributed by atoms with Crippen molar-refractivity contribution in [2.75, 3.05) is 52.8 Å². The molecule has 2 aromatic carbocycles. The third-order valence-corrected chi connectivity index (χ3v) is 5.28. The van der Waals surface area contributed by atoms with Gasteiger partial charge in [0.1, 0.15) is 6.61 Å². The second-order valence-corrected chi connectivity index (χ2v) is 7.59. The minimum Gasteiger partial charge on any atom is -0.481 e. The fourth-order valence-corrected chi connectivity index (χ4v) is 3.72. The lowest BCUT2D eigenvalue weighted by molar-refractivity contribution is -0.138. The Bertz CT molecular complexity index is 856. The Hall–Kier alpha value is -2.94. The van der Waals surface area contributed by atoms with Crippen LogP contribution in [0.5, 0.6) is 0 Å². The van der Waals surface area contributed by atoms with E-state index in [1.165, 1.54) is 22.3 Å². The first kappa shape index (κ1) is 24.7. The predicted octanol–water partition coefficient (Wildman–Crippen LogP) is 3.44. The molecule has 0 aliphatic heterocycles. The van der Waals surface area contributed by atoms with E-state index < -0.39 is 12.1 Å². The molecule has 2 aromatic rings. The molecule has 1 aliphatic carbocycles. The number of fused-ring (bicyclic) bond motifs is 3. The normalized spacial score (nSPS) is 12.2. The van der Waals surface area contributed by atoms with E-state index >= 15 is 0 Å². The van der Waals surface area contributed by atoms with Crippen molar-refractivity contribution < 1.29 is 33.6 Å². The Morgan fingerprint density at radius 1 is 0.788 bits per heavy atom. The number of hydrogen-bond acceptors (Lipinski definition) is 6. The Balaban J connectivity index is 1.21. The van der Waals surface area contributed by atoms with Gasteiger partial charge in [-0.3, -0.25) is 4.79 Å². The van der Waals surface area contributed by atoms with Crippen LogP contribution in [0.1, 0.15) is 29.9 Å². The standard InChI is InChI=1S/C25H31NO7/c27-24(28)10-13-31-15-17-32-16-14-30-12-5-11-26-25(29)33-18-23-21-8-3-1-6-19(21)20-7-2-4-9-22(20)23/h1-4,6-9,23H,5,10-18H2,(H,26,29)(H,27,28). The maximum absolute atomic E-state index is 12.1. The molecule has 3 rings (SSSR count). The van der Waals surface area contributed by atoms with E-state index in [4.69, 9.17) is 24.1 Å². The fraction of sp³-hybridized carbons (Fsp3) is 0.440. The third-order valence-electron chi connectivity index (χ3n) is 5.28. The smallest absolute Gasteiger partial charge is 0.407 e. The molecule has 178 valence electrons. The molecule has 0 unspecified atom stereocenters. The molecule has 0 heterocycles. The Morgan fingerprint density at radius 2 is 1.33 bits per heavy atom. The van der Waals surface area contributed by atoms with E-state index in [2.05, 4.69) is 29.6 Å². The van der Waals surface area contributed by atoms with Crippen molar-refractivity contribution in [3.8, 4) is 11.1 Å². The summed E-state index contributed by atoms with van der Waals surface area (Å²) < 4.78 is 21.4. The van der Waals surface area contributed by atoms with Crippen LogP contribution in [-0.2, 0) is 23.7 Å². The SMILES string of the molecule is O=C(O)CCOCCOCCOCCCNC(=O)OCC1c2ccccc2-c2ccccc21. The van der Waals surface area contributed by atoms with E-state index in [-0.39, 0.29) is 18.9 Å². The second kappa shape index (κ2) is 13.6. The van der Waals surface area contributed by atoms with Gasteiger partial charge in [0.2, 0.25) is 0 Å². The average Bonchev–Trinajstić information content (AvgIpc) is 3.14. The summed E-state index contributed by atoms with van der Waals surface area (Å²) in [5.41, 5.74) is 4.78. The van der Waals surface area contributed by atoms with Gasteiger partial charge in [-0.25, -0.2) is 4.79 Å². The Labute approximate surface area is 193 Å². The molecular weight excluding hydrogens is 426 g/mol. The number of amides is 1. The summed E-state index contributed by atoms with van der Waals surface area (Å²) in [6, 6.07) is 16.5. The molecule has 0 saturated heterocycles. The monoisotopic (exact) mass is 457 g/mol. The molecule has 0 spiro atoms. The molecule has 1 aliphatic rings. The number of ether oxygens (including phenoxy) is 4. The quantitative estimate of drug-likeness (QED) is 0.395. The van der Waals surface area contributed by atoms with Gasteiger partial charge in [-0.15, -0.1) is 0 Å². The Morgan fingerprint density at radius 3 is 1.94 bits per heavy atom. The number of rotatable bonds is 15. The fourth-order valence-electron chi connectivity index (χ4n) is 3.72. The highest BCUT2D eigenvalue weighted by atomic mass is 16.6. The van der Waals surface area contributed by atoms with Gasteiger partial charge in [0.05, 0.1) is 39.5 Å². The van der Waals surface area contributed by atoms with E-state index in [0.717, 1.165) is 0 Å². The summed E-state index contributed by atoms with van der Waals surface area (Å²) in [5.74, 6) is -0.827. The number of alkyl carbamates (subject to hydrolysis) is 1. The second-order valence-electron chi connectivity index (χ2n) is 7.59. The van der Waals surface area contributed by atoms with Gasteiger partial charge in [0.15, 0.2) is 0 Å². The molecule has 8 heteroatoms. The van der Waals surface area contributed by atoms with Gasteiger partial charge in [0.25, 0.3) is 0 Å². The van der Waals surface area contributed by atoms with Gasteiger partial charge in [0, 0.05) is 19.1 Å². The lowest BCUT2D eigenvalue weighted by Gasteiger charge is -2.14. The molecule has 1 amide bonds. The Kier molecular flexibility index (Phi) is 10.2. The number of aliphatic carboxylic acids is 1. The molecule has 0 fully saturated rings. The summed E-state index contributed by atoms with van der Waals surface area (Å²) in [5, 5.41) is 11.2. The van der Waals surface area contributed by atoms with Crippen LogP contribution >= 0.6 is 0 Å². The maximum Gasteiger partial charge on any atom is 0.407 e. The van der Waals surface area contributed by atoms with Crippen molar-refractivity contribution in [3.63, 3.8) is 0 Å². The van der Waals surface area contributed by atoms with Crippen LogP contribution in [0.25, 0.3) is 11.1 Å². The highest BCUT2D eigenvalue weighted by molar-refractivity contribution is 5.79. The van der Waals surface area contributed by atoms with Crippen molar-refractivity contribution >= 4 is 12.1 Å². The van der Waals surface area contributed by atoms with Gasteiger partial charge in [-0.05, 0) is 28.7 Å². The van der Waals surface area contributed by atoms with Crippen LogP contribution in [0.3, 0.4) is 0 Å². The third kappa shape index (κ3) is 7.85. The maximum atomic E-state index is 12.1. The summed E-state index contributed by atoms with van der Waals surface area (Å²) in [6.07, 6.45) is 0.235. The number of hydrogen-bond donors (Lipinski definition) is 2. The first-order chi connectivity index (χ1) is 16.2. The summed E-state index contributed by atoms with van der Waals surface area (Å²) in [6.45, 7) is 3.09. The van der Waals surface area contributed by atoms with Crippen molar-refractivity contribution in [1.82, 2.24) is 5.32 Å². The molecule has 2 N–H and O–H groups in total. The van der Waals surface area contributed by atoms with Crippen LogP contribution in [-0.4, -0.2) is 70.0 Å². The number of carboxylic acids is 1. The summed E-state index contributed by atoms with van der Waals surface area (Å²) in [7, 11) is 0. The zero-order chi connectivity index (χ0) is 23.3. The number of carboxylic acid groups (broad SMARTS) is 1. The zero-order valence-electron chi connectivity index (χ0n) is 18.7. The summed E-state index contributed by atoms with van der Waals surface area (Å²) in [4.78, 5) is 22.4. The number of nitrogens with one attached hydrogen (secondary N) is 1.